The number of nitrogen functional groups attached to an aromatic ring is 1. The van der Waals surface area contributed by atoms with Crippen LogP contribution in [0.15, 0.2) is 17.2 Å². The van der Waals surface area contributed by atoms with E-state index in [9.17, 15) is 4.79 Å². The average Bonchev–Trinajstić information content (AvgIpc) is 2.95. The first-order valence-electron chi connectivity index (χ1n) is 8.26. The molecule has 0 spiro atoms. The maximum absolute atomic E-state index is 11.6. The zero-order valence-corrected chi connectivity index (χ0v) is 13.2. The summed E-state index contributed by atoms with van der Waals surface area (Å²) in [6.07, 6.45) is 10.4. The molecule has 0 unspecified atom stereocenters. The molecule has 1 saturated carbocycles. The van der Waals surface area contributed by atoms with Crippen LogP contribution in [0.2, 0.25) is 0 Å². The summed E-state index contributed by atoms with van der Waals surface area (Å²) in [5, 5.41) is 0. The number of imidazole rings is 1. The van der Waals surface area contributed by atoms with E-state index in [-0.39, 0.29) is 11.6 Å². The molecule has 0 amide bonds. The van der Waals surface area contributed by atoms with Crippen LogP contribution >= 0.6 is 0 Å². The Hall–Kier alpha value is -2.77. The molecule has 0 bridgehead atoms. The van der Waals surface area contributed by atoms with Gasteiger partial charge in [0.05, 0.1) is 11.4 Å². The number of H-pyrrole nitrogens is 2. The van der Waals surface area contributed by atoms with E-state index in [1.807, 2.05) is 0 Å². The molecule has 124 valence electrons. The Kier molecular flexibility index (Phi) is 3.72. The number of fused-ring (bicyclic) bond motifs is 1. The zero-order valence-electron chi connectivity index (χ0n) is 13.2. The van der Waals surface area contributed by atoms with Gasteiger partial charge in [-0.1, -0.05) is 32.1 Å². The highest BCUT2D eigenvalue weighted by molar-refractivity contribution is 5.71. The number of rotatable bonds is 3. The highest BCUT2D eigenvalue weighted by atomic mass is 16.1. The Bertz CT molecular complexity index is 906. The van der Waals surface area contributed by atoms with E-state index in [1.165, 1.54) is 32.1 Å². The Morgan fingerprint density at radius 3 is 2.42 bits per heavy atom. The number of hydrogen-bond donors (Lipinski definition) is 3. The van der Waals surface area contributed by atoms with Crippen molar-refractivity contribution in [3.05, 3.63) is 28.6 Å². The van der Waals surface area contributed by atoms with Crippen LogP contribution < -0.4 is 11.4 Å². The molecule has 0 aliphatic heterocycles. The van der Waals surface area contributed by atoms with Crippen molar-refractivity contribution >= 4 is 17.2 Å². The van der Waals surface area contributed by atoms with Gasteiger partial charge in [-0.05, 0) is 12.3 Å². The number of aromatic nitrogens is 6. The van der Waals surface area contributed by atoms with Gasteiger partial charge >= 0.3 is 5.69 Å². The molecule has 1 aliphatic carbocycles. The minimum absolute atomic E-state index is 0.219. The van der Waals surface area contributed by atoms with Crippen LogP contribution in [-0.2, 0) is 6.42 Å². The summed E-state index contributed by atoms with van der Waals surface area (Å²) >= 11 is 0. The number of nitrogens with zero attached hydrogens (tertiary/aromatic N) is 4. The van der Waals surface area contributed by atoms with Crippen molar-refractivity contribution in [1.82, 2.24) is 29.9 Å². The second-order valence-electron chi connectivity index (χ2n) is 6.33. The molecule has 3 aromatic heterocycles. The summed E-state index contributed by atoms with van der Waals surface area (Å²) in [5.74, 6) is 0.821. The van der Waals surface area contributed by atoms with E-state index in [0.717, 1.165) is 17.7 Å². The molecule has 3 aromatic rings. The first-order chi connectivity index (χ1) is 11.7. The predicted molar refractivity (Wildman–Crippen MR) is 90.2 cm³/mol. The van der Waals surface area contributed by atoms with Crippen LogP contribution in [0.1, 0.15) is 37.8 Å². The standard InChI is InChI=1S/C16H19N7O/c17-15-18-7-10(8-19-15)12-11(6-9-4-2-1-3-5-9)20-13-14(21-12)23-16(24)22-13/h7-9H,1-6H2,(H2,17,18,19)(H2,20,21,22,23,24). The Balaban J connectivity index is 1.80. The van der Waals surface area contributed by atoms with Crippen LogP contribution in [-0.4, -0.2) is 29.9 Å². The van der Waals surface area contributed by atoms with E-state index in [0.29, 0.717) is 22.9 Å². The number of nitrogens with one attached hydrogen (secondary N) is 2. The second kappa shape index (κ2) is 6.03. The van der Waals surface area contributed by atoms with Crippen molar-refractivity contribution in [3.63, 3.8) is 0 Å². The fraction of sp³-hybridized carbons (Fsp3) is 0.438. The largest absolute Gasteiger partial charge is 0.368 e. The molecule has 0 atom stereocenters. The maximum atomic E-state index is 11.6. The van der Waals surface area contributed by atoms with Gasteiger partial charge in [-0.2, -0.15) is 0 Å². The van der Waals surface area contributed by atoms with E-state index in [1.54, 1.807) is 12.4 Å². The van der Waals surface area contributed by atoms with Gasteiger partial charge in [-0.25, -0.2) is 24.7 Å². The molecule has 0 saturated heterocycles. The molecule has 1 fully saturated rings. The van der Waals surface area contributed by atoms with Gasteiger partial charge in [0.25, 0.3) is 0 Å². The predicted octanol–water partition coefficient (Wildman–Crippen LogP) is 1.81. The summed E-state index contributed by atoms with van der Waals surface area (Å²) in [7, 11) is 0. The first-order valence-corrected chi connectivity index (χ1v) is 8.26. The van der Waals surface area contributed by atoms with Crippen molar-refractivity contribution in [2.24, 2.45) is 5.92 Å². The first kappa shape index (κ1) is 14.8. The Morgan fingerprint density at radius 2 is 1.71 bits per heavy atom. The molecule has 3 heterocycles. The molecule has 24 heavy (non-hydrogen) atoms. The molecule has 4 N–H and O–H groups in total. The van der Waals surface area contributed by atoms with Gasteiger partial charge in [0.2, 0.25) is 5.95 Å². The van der Waals surface area contributed by atoms with Crippen molar-refractivity contribution in [1.29, 1.82) is 0 Å². The van der Waals surface area contributed by atoms with Gasteiger partial charge in [-0.15, -0.1) is 0 Å². The van der Waals surface area contributed by atoms with Crippen molar-refractivity contribution in [2.75, 3.05) is 5.73 Å². The zero-order chi connectivity index (χ0) is 16.5. The van der Waals surface area contributed by atoms with Crippen molar-refractivity contribution < 1.29 is 0 Å². The highest BCUT2D eigenvalue weighted by Crippen LogP contribution is 2.30. The number of aromatic amines is 2. The van der Waals surface area contributed by atoms with Crippen LogP contribution in [0.5, 0.6) is 0 Å². The summed E-state index contributed by atoms with van der Waals surface area (Å²) in [6, 6.07) is 0. The second-order valence-corrected chi connectivity index (χ2v) is 6.33. The third-order valence-corrected chi connectivity index (χ3v) is 4.58. The van der Waals surface area contributed by atoms with Crippen LogP contribution in [0.4, 0.5) is 5.95 Å². The quantitative estimate of drug-likeness (QED) is 0.674. The summed E-state index contributed by atoms with van der Waals surface area (Å²) in [6.45, 7) is 0. The van der Waals surface area contributed by atoms with Gasteiger partial charge in [0.1, 0.15) is 0 Å². The van der Waals surface area contributed by atoms with E-state index >= 15 is 0 Å². The Labute approximate surface area is 138 Å². The minimum Gasteiger partial charge on any atom is -0.368 e. The lowest BCUT2D eigenvalue weighted by Gasteiger charge is -2.21. The molecule has 0 radical (unpaired) electrons. The SMILES string of the molecule is Nc1ncc(-c2nc3[nH]c(=O)[nH]c3nc2CC2CCCCC2)cn1. The van der Waals surface area contributed by atoms with E-state index in [4.69, 9.17) is 5.73 Å². The summed E-state index contributed by atoms with van der Waals surface area (Å²) < 4.78 is 0. The summed E-state index contributed by atoms with van der Waals surface area (Å²) in [4.78, 5) is 34.2. The lowest BCUT2D eigenvalue weighted by Crippen LogP contribution is -2.12. The van der Waals surface area contributed by atoms with Gasteiger partial charge in [0, 0.05) is 18.0 Å². The third kappa shape index (κ3) is 2.86. The normalized spacial score (nSPS) is 15.8. The highest BCUT2D eigenvalue weighted by Gasteiger charge is 2.20. The molecule has 0 aromatic carbocycles. The lowest BCUT2D eigenvalue weighted by atomic mass is 9.85. The molecular formula is C16H19N7O. The monoisotopic (exact) mass is 325 g/mol. The van der Waals surface area contributed by atoms with Crippen molar-refractivity contribution in [2.45, 2.75) is 38.5 Å². The molecule has 8 nitrogen and oxygen atoms in total. The lowest BCUT2D eigenvalue weighted by molar-refractivity contribution is 0.354. The van der Waals surface area contributed by atoms with Gasteiger partial charge in [0.15, 0.2) is 11.3 Å². The Morgan fingerprint density at radius 1 is 1.04 bits per heavy atom. The fourth-order valence-corrected chi connectivity index (χ4v) is 3.39. The molecule has 1 aliphatic rings. The topological polar surface area (TPSA) is 126 Å². The number of nitrogens with two attached hydrogens (primary N) is 1. The van der Waals surface area contributed by atoms with Gasteiger partial charge < -0.3 is 5.73 Å². The van der Waals surface area contributed by atoms with E-state index < -0.39 is 0 Å². The van der Waals surface area contributed by atoms with Gasteiger partial charge in [-0.3, -0.25) is 9.97 Å². The van der Waals surface area contributed by atoms with Crippen LogP contribution in [0, 0.1) is 5.92 Å². The molecule has 4 rings (SSSR count). The van der Waals surface area contributed by atoms with Crippen LogP contribution in [0.25, 0.3) is 22.6 Å². The third-order valence-electron chi connectivity index (χ3n) is 4.58. The fourth-order valence-electron chi connectivity index (χ4n) is 3.39. The molecular weight excluding hydrogens is 306 g/mol. The average molecular weight is 325 g/mol. The number of anilines is 1. The summed E-state index contributed by atoms with van der Waals surface area (Å²) in [5.41, 5.74) is 8.55. The smallest absolute Gasteiger partial charge is 0.326 e. The van der Waals surface area contributed by atoms with Crippen molar-refractivity contribution in [3.8, 4) is 11.3 Å². The maximum Gasteiger partial charge on any atom is 0.326 e. The van der Waals surface area contributed by atoms with E-state index in [2.05, 4.69) is 29.9 Å². The molecule has 8 heteroatoms. The number of hydrogen-bond acceptors (Lipinski definition) is 6. The minimum atomic E-state index is -0.306. The van der Waals surface area contributed by atoms with Crippen LogP contribution in [0.3, 0.4) is 0 Å².